The second kappa shape index (κ2) is 11.5. The molecule has 1 heterocycles. The highest BCUT2D eigenvalue weighted by atomic mass is 35.5. The van der Waals surface area contributed by atoms with Crippen LogP contribution in [0.5, 0.6) is 0 Å². The van der Waals surface area contributed by atoms with Gasteiger partial charge in [0, 0.05) is 46.3 Å². The summed E-state index contributed by atoms with van der Waals surface area (Å²) in [6.45, 7) is 9.34. The second-order valence-electron chi connectivity index (χ2n) is 8.30. The van der Waals surface area contributed by atoms with E-state index < -0.39 is 0 Å². The smallest absolute Gasteiger partial charge is 0.316 e. The normalized spacial score (nSPS) is 19.3. The Balaban J connectivity index is 1.65. The Morgan fingerprint density at radius 1 is 1.12 bits per heavy atom. The maximum atomic E-state index is 13.3. The van der Waals surface area contributed by atoms with Crippen LogP contribution in [0.3, 0.4) is 0 Å². The van der Waals surface area contributed by atoms with Crippen LogP contribution in [-0.2, 0) is 9.53 Å². The number of nitrogens with zero attached hydrogens (tertiary/aromatic N) is 2. The summed E-state index contributed by atoms with van der Waals surface area (Å²) in [4.78, 5) is 30.1. The van der Waals surface area contributed by atoms with Crippen LogP contribution in [0, 0.1) is 0 Å². The predicted octanol–water partition coefficient (Wildman–Crippen LogP) is 6.17. The van der Waals surface area contributed by atoms with E-state index in [1.165, 1.54) is 11.8 Å². The maximum absolute atomic E-state index is 13.3. The topological polar surface area (TPSA) is 49.9 Å². The molecular weight excluding hydrogens is 479 g/mol. The molecule has 1 aliphatic rings. The summed E-state index contributed by atoms with van der Waals surface area (Å²) in [6.07, 6.45) is 0.676. The van der Waals surface area contributed by atoms with Crippen LogP contribution in [0.25, 0.3) is 0 Å². The molecule has 33 heavy (non-hydrogen) atoms. The van der Waals surface area contributed by atoms with Crippen molar-refractivity contribution in [3.63, 3.8) is 0 Å². The third-order valence-corrected chi connectivity index (χ3v) is 7.80. The van der Waals surface area contributed by atoms with Crippen LogP contribution in [0.2, 0.25) is 10.0 Å². The zero-order valence-electron chi connectivity index (χ0n) is 19.4. The number of hydrogen-bond donors (Lipinski definition) is 0. The number of carbonyl (C=O) groups excluding carboxylic acids is 2. The van der Waals surface area contributed by atoms with Crippen molar-refractivity contribution in [2.45, 2.75) is 57.2 Å². The summed E-state index contributed by atoms with van der Waals surface area (Å²) in [5.74, 6) is -0.141. The first kappa shape index (κ1) is 25.7. The molecule has 0 aromatic heterocycles. The number of benzene rings is 2. The lowest BCUT2D eigenvalue weighted by Crippen LogP contribution is -2.59. The minimum absolute atomic E-state index is 0.00776. The Kier molecular flexibility index (Phi) is 8.96. The van der Waals surface area contributed by atoms with Gasteiger partial charge in [-0.1, -0.05) is 36.2 Å². The van der Waals surface area contributed by atoms with Crippen LogP contribution >= 0.6 is 35.0 Å². The molecule has 0 saturated carbocycles. The highest BCUT2D eigenvalue weighted by Gasteiger charge is 2.34. The van der Waals surface area contributed by atoms with Crippen LogP contribution in [0.4, 0.5) is 5.69 Å². The quantitative estimate of drug-likeness (QED) is 0.330. The van der Waals surface area contributed by atoms with E-state index in [0.717, 1.165) is 23.5 Å². The molecule has 0 radical (unpaired) electrons. The molecule has 2 unspecified atom stereocenters. The lowest BCUT2D eigenvalue weighted by atomic mass is 10.0. The van der Waals surface area contributed by atoms with Gasteiger partial charge in [0.1, 0.15) is 0 Å². The van der Waals surface area contributed by atoms with Gasteiger partial charge in [0.05, 0.1) is 16.9 Å². The number of carbonyl (C=O) groups is 2. The highest BCUT2D eigenvalue weighted by molar-refractivity contribution is 8.00. The molecule has 3 atom stereocenters. The van der Waals surface area contributed by atoms with Crippen LogP contribution < -0.4 is 4.90 Å². The summed E-state index contributed by atoms with van der Waals surface area (Å²) >= 11 is 13.9. The Labute approximate surface area is 210 Å². The Bertz CT molecular complexity index is 1000. The summed E-state index contributed by atoms with van der Waals surface area (Å²) in [5.41, 5.74) is 1.60. The number of piperazine rings is 1. The first-order valence-corrected chi connectivity index (χ1v) is 12.9. The number of hydrogen-bond acceptors (Lipinski definition) is 5. The molecule has 0 aliphatic carbocycles. The van der Waals surface area contributed by atoms with Gasteiger partial charge in [-0.15, -0.1) is 11.8 Å². The minimum atomic E-state index is -0.272. The Morgan fingerprint density at radius 2 is 1.88 bits per heavy atom. The van der Waals surface area contributed by atoms with Crippen molar-refractivity contribution in [2.24, 2.45) is 0 Å². The average Bonchev–Trinajstić information content (AvgIpc) is 2.79. The third kappa shape index (κ3) is 6.37. The van der Waals surface area contributed by atoms with E-state index in [1.54, 1.807) is 18.2 Å². The molecule has 1 fully saturated rings. The van der Waals surface area contributed by atoms with Crippen molar-refractivity contribution in [2.75, 3.05) is 23.7 Å². The number of ether oxygens (including phenoxy) is 1. The second-order valence-corrected chi connectivity index (χ2v) is 10.2. The molecule has 1 aliphatic heterocycles. The molecule has 2 aromatic rings. The van der Waals surface area contributed by atoms with Gasteiger partial charge in [0.25, 0.3) is 5.91 Å². The predicted molar refractivity (Wildman–Crippen MR) is 137 cm³/mol. The Morgan fingerprint density at radius 3 is 2.55 bits per heavy atom. The molecule has 1 saturated heterocycles. The van der Waals surface area contributed by atoms with Gasteiger partial charge in [-0.2, -0.15) is 0 Å². The number of esters is 1. The third-order valence-electron chi connectivity index (χ3n) is 6.10. The number of halogens is 2. The number of thioether (sulfide) groups is 1. The van der Waals surface area contributed by atoms with Gasteiger partial charge in [-0.05, 0) is 63.6 Å². The molecule has 5 nitrogen and oxygen atoms in total. The van der Waals surface area contributed by atoms with Crippen molar-refractivity contribution < 1.29 is 14.3 Å². The molecular formula is C25H30Cl2N2O3S. The molecule has 0 N–H and O–H groups in total. The monoisotopic (exact) mass is 508 g/mol. The number of amides is 1. The molecule has 0 spiro atoms. The fourth-order valence-corrected chi connectivity index (χ4v) is 5.08. The SMILES string of the molecule is CCC(C)OC(=O)CSc1ccc(C(=O)N2CCN(c3cccc(Cl)c3)[C@H](C)C2C)cc1Cl. The minimum Gasteiger partial charge on any atom is -0.462 e. The fourth-order valence-electron chi connectivity index (χ4n) is 3.84. The molecule has 0 bridgehead atoms. The lowest BCUT2D eigenvalue weighted by Gasteiger charge is -2.46. The summed E-state index contributed by atoms with van der Waals surface area (Å²) in [5, 5.41) is 1.16. The molecule has 3 rings (SSSR count). The van der Waals surface area contributed by atoms with Crippen molar-refractivity contribution >= 4 is 52.5 Å². The van der Waals surface area contributed by atoms with E-state index in [0.29, 0.717) is 22.2 Å². The largest absolute Gasteiger partial charge is 0.462 e. The van der Waals surface area contributed by atoms with Crippen molar-refractivity contribution in [1.29, 1.82) is 0 Å². The van der Waals surface area contributed by atoms with Gasteiger partial charge in [0.15, 0.2) is 0 Å². The summed E-state index contributed by atoms with van der Waals surface area (Å²) in [6, 6.07) is 13.2. The summed E-state index contributed by atoms with van der Waals surface area (Å²) < 4.78 is 5.30. The van der Waals surface area contributed by atoms with Gasteiger partial charge >= 0.3 is 5.97 Å². The average molecular weight is 509 g/mol. The standard InChI is InChI=1S/C25H30Cl2N2O3S/c1-5-16(2)32-24(30)15-33-23-10-9-19(13-22(23)27)25(31)29-12-11-28(17(3)18(29)4)21-8-6-7-20(26)14-21/h6-10,13-14,16-18H,5,11-12,15H2,1-4H3/t16?,17-,18?/m1/s1. The lowest BCUT2D eigenvalue weighted by molar-refractivity contribution is -0.144. The van der Waals surface area contributed by atoms with Crippen LogP contribution in [0.15, 0.2) is 47.4 Å². The maximum Gasteiger partial charge on any atom is 0.316 e. The number of rotatable bonds is 7. The fraction of sp³-hybridized carbons (Fsp3) is 0.440. The first-order chi connectivity index (χ1) is 15.7. The van der Waals surface area contributed by atoms with Gasteiger partial charge in [-0.3, -0.25) is 9.59 Å². The molecule has 8 heteroatoms. The van der Waals surface area contributed by atoms with Crippen molar-refractivity contribution in [1.82, 2.24) is 4.90 Å². The van der Waals surface area contributed by atoms with E-state index in [1.807, 2.05) is 43.0 Å². The zero-order chi connectivity index (χ0) is 24.1. The van der Waals surface area contributed by atoms with Gasteiger partial charge < -0.3 is 14.5 Å². The van der Waals surface area contributed by atoms with E-state index in [-0.39, 0.29) is 35.8 Å². The molecule has 2 aromatic carbocycles. The van der Waals surface area contributed by atoms with Crippen molar-refractivity contribution in [3.8, 4) is 0 Å². The zero-order valence-corrected chi connectivity index (χ0v) is 21.7. The van der Waals surface area contributed by atoms with E-state index in [2.05, 4.69) is 18.7 Å². The van der Waals surface area contributed by atoms with E-state index in [4.69, 9.17) is 27.9 Å². The Hall–Kier alpha value is -1.89. The van der Waals surface area contributed by atoms with E-state index >= 15 is 0 Å². The van der Waals surface area contributed by atoms with E-state index in [9.17, 15) is 9.59 Å². The van der Waals surface area contributed by atoms with Crippen LogP contribution in [-0.4, -0.2) is 53.8 Å². The number of anilines is 1. The van der Waals surface area contributed by atoms with Gasteiger partial charge in [-0.25, -0.2) is 0 Å². The van der Waals surface area contributed by atoms with Crippen LogP contribution in [0.1, 0.15) is 44.5 Å². The van der Waals surface area contributed by atoms with Gasteiger partial charge in [0.2, 0.25) is 0 Å². The molecule has 1 amide bonds. The molecule has 178 valence electrons. The van der Waals surface area contributed by atoms with Crippen molar-refractivity contribution in [3.05, 3.63) is 58.1 Å². The first-order valence-electron chi connectivity index (χ1n) is 11.2. The highest BCUT2D eigenvalue weighted by Crippen LogP contribution is 2.31. The summed E-state index contributed by atoms with van der Waals surface area (Å²) in [7, 11) is 0.